The minimum absolute atomic E-state index is 0.224. The van der Waals surface area contributed by atoms with Gasteiger partial charge in [0.1, 0.15) is 12.0 Å². The van der Waals surface area contributed by atoms with Crippen LogP contribution in [-0.4, -0.2) is 25.8 Å². The highest BCUT2D eigenvalue weighted by molar-refractivity contribution is 5.91. The van der Waals surface area contributed by atoms with E-state index in [1.165, 1.54) is 12.1 Å². The molecule has 0 radical (unpaired) electrons. The second kappa shape index (κ2) is 4.24. The summed E-state index contributed by atoms with van der Waals surface area (Å²) >= 11 is 0. The molecule has 0 aliphatic heterocycles. The van der Waals surface area contributed by atoms with E-state index in [9.17, 15) is 19.3 Å². The van der Waals surface area contributed by atoms with E-state index >= 15 is 0 Å². The molecule has 0 saturated carbocycles. The van der Waals surface area contributed by atoms with Crippen molar-refractivity contribution in [2.45, 2.75) is 0 Å². The number of halogens is 1. The predicted molar refractivity (Wildman–Crippen MR) is 57.1 cm³/mol. The van der Waals surface area contributed by atoms with Crippen molar-refractivity contribution in [2.75, 3.05) is 0 Å². The zero-order valence-electron chi connectivity index (χ0n) is 8.78. The lowest BCUT2D eigenvalue weighted by Crippen LogP contribution is -2.09. The van der Waals surface area contributed by atoms with Gasteiger partial charge in [0, 0.05) is 0 Å². The molecule has 18 heavy (non-hydrogen) atoms. The summed E-state index contributed by atoms with van der Waals surface area (Å²) in [4.78, 5) is 20.8. The molecule has 0 unspecified atom stereocenters. The van der Waals surface area contributed by atoms with Gasteiger partial charge in [-0.1, -0.05) is 0 Å². The number of hydrogen-bond donors (Lipinski definition) is 1. The lowest BCUT2D eigenvalue weighted by molar-refractivity contribution is -0.385. The lowest BCUT2D eigenvalue weighted by atomic mass is 10.3. The van der Waals surface area contributed by atoms with E-state index in [0.717, 1.165) is 23.0 Å². The first-order chi connectivity index (χ1) is 8.50. The smallest absolute Gasteiger partial charge is 0.361 e. The van der Waals surface area contributed by atoms with Gasteiger partial charge in [-0.15, -0.1) is 0 Å². The zero-order valence-corrected chi connectivity index (χ0v) is 8.78. The van der Waals surface area contributed by atoms with Crippen LogP contribution in [0.3, 0.4) is 0 Å². The topological polar surface area (TPSA) is 98.3 Å². The molecule has 1 heterocycles. The molecule has 2 aromatic rings. The number of aromatic carboxylic acids is 1. The van der Waals surface area contributed by atoms with Gasteiger partial charge in [-0.05, 0) is 24.3 Å². The van der Waals surface area contributed by atoms with Gasteiger partial charge in [0.25, 0.3) is 0 Å². The van der Waals surface area contributed by atoms with E-state index in [1.807, 2.05) is 0 Å². The Labute approximate surface area is 99.2 Å². The third-order valence-electron chi connectivity index (χ3n) is 2.22. The minimum atomic E-state index is -1.48. The van der Waals surface area contributed by atoms with Crippen molar-refractivity contribution in [3.05, 3.63) is 52.1 Å². The average molecular weight is 251 g/mol. The maximum atomic E-state index is 12.7. The van der Waals surface area contributed by atoms with Gasteiger partial charge in [-0.2, -0.15) is 5.10 Å². The first-order valence-electron chi connectivity index (χ1n) is 4.72. The minimum Gasteiger partial charge on any atom is -0.476 e. The van der Waals surface area contributed by atoms with Crippen molar-refractivity contribution in [2.24, 2.45) is 0 Å². The molecule has 0 atom stereocenters. The van der Waals surface area contributed by atoms with Crippen LogP contribution in [-0.2, 0) is 0 Å². The number of benzene rings is 1. The molecule has 2 rings (SSSR count). The molecule has 0 aliphatic rings. The monoisotopic (exact) mass is 251 g/mol. The van der Waals surface area contributed by atoms with E-state index in [1.54, 1.807) is 0 Å². The van der Waals surface area contributed by atoms with Crippen LogP contribution in [0.25, 0.3) is 5.69 Å². The van der Waals surface area contributed by atoms with E-state index in [-0.39, 0.29) is 5.69 Å². The zero-order chi connectivity index (χ0) is 13.3. The average Bonchev–Trinajstić information content (AvgIpc) is 2.74. The normalized spacial score (nSPS) is 10.3. The highest BCUT2D eigenvalue weighted by Gasteiger charge is 2.27. The molecular weight excluding hydrogens is 245 g/mol. The molecule has 1 aromatic carbocycles. The van der Waals surface area contributed by atoms with Crippen LogP contribution in [0.2, 0.25) is 0 Å². The summed E-state index contributed by atoms with van der Waals surface area (Å²) in [7, 11) is 0. The standard InChI is InChI=1S/C10H6FN3O4/c11-6-1-3-7(4-2-6)13-9(10(15)16)8(5-12-13)14(17)18/h1-5H,(H,15,16). The van der Waals surface area contributed by atoms with Crippen LogP contribution in [0.4, 0.5) is 10.1 Å². The van der Waals surface area contributed by atoms with Gasteiger partial charge >= 0.3 is 11.7 Å². The van der Waals surface area contributed by atoms with Crippen LogP contribution in [0, 0.1) is 15.9 Å². The van der Waals surface area contributed by atoms with Crippen molar-refractivity contribution in [1.82, 2.24) is 9.78 Å². The molecule has 0 aliphatic carbocycles. The maximum Gasteiger partial charge on any atom is 0.361 e. The van der Waals surface area contributed by atoms with Gasteiger partial charge < -0.3 is 5.11 Å². The Kier molecular flexibility index (Phi) is 2.76. The Bertz CT molecular complexity index is 621. The van der Waals surface area contributed by atoms with Gasteiger partial charge in [0.05, 0.1) is 10.6 Å². The summed E-state index contributed by atoms with van der Waals surface area (Å²) in [5, 5.41) is 23.2. The first-order valence-corrected chi connectivity index (χ1v) is 4.72. The molecule has 0 spiro atoms. The van der Waals surface area contributed by atoms with Crippen LogP contribution in [0.1, 0.15) is 10.5 Å². The number of nitro groups is 1. The number of aromatic nitrogens is 2. The SMILES string of the molecule is O=C(O)c1c([N+](=O)[O-])cnn1-c1ccc(F)cc1. The van der Waals surface area contributed by atoms with Gasteiger partial charge in [0.15, 0.2) is 0 Å². The van der Waals surface area contributed by atoms with Gasteiger partial charge in [-0.3, -0.25) is 10.1 Å². The van der Waals surface area contributed by atoms with Crippen LogP contribution in [0.5, 0.6) is 0 Å². The Morgan fingerprint density at radius 1 is 1.39 bits per heavy atom. The van der Waals surface area contributed by atoms with Crippen molar-refractivity contribution in [3.8, 4) is 5.69 Å². The molecule has 7 nitrogen and oxygen atoms in total. The molecule has 0 saturated heterocycles. The highest BCUT2D eigenvalue weighted by Crippen LogP contribution is 2.21. The van der Waals surface area contributed by atoms with E-state index in [0.29, 0.717) is 0 Å². The molecule has 0 fully saturated rings. The number of carboxylic acids is 1. The molecular formula is C10H6FN3O4. The highest BCUT2D eigenvalue weighted by atomic mass is 19.1. The number of carboxylic acid groups (broad SMARTS) is 1. The summed E-state index contributed by atoms with van der Waals surface area (Å²) < 4.78 is 13.6. The largest absolute Gasteiger partial charge is 0.476 e. The van der Waals surface area contributed by atoms with Crippen LogP contribution >= 0.6 is 0 Å². The van der Waals surface area contributed by atoms with Crippen molar-refractivity contribution in [3.63, 3.8) is 0 Å². The third-order valence-corrected chi connectivity index (χ3v) is 2.22. The van der Waals surface area contributed by atoms with Crippen molar-refractivity contribution < 1.29 is 19.2 Å². The van der Waals surface area contributed by atoms with Gasteiger partial charge in [-0.25, -0.2) is 13.9 Å². The number of rotatable bonds is 3. The summed E-state index contributed by atoms with van der Waals surface area (Å²) in [6.07, 6.45) is 0.840. The quantitative estimate of drug-likeness (QED) is 0.660. The predicted octanol–water partition coefficient (Wildman–Crippen LogP) is 1.62. The second-order valence-electron chi connectivity index (χ2n) is 3.33. The summed E-state index contributed by atoms with van der Waals surface area (Å²) in [5.74, 6) is -1.99. The van der Waals surface area contributed by atoms with E-state index < -0.39 is 28.1 Å². The van der Waals surface area contributed by atoms with Crippen LogP contribution in [0.15, 0.2) is 30.5 Å². The molecule has 1 N–H and O–H groups in total. The Hall–Kier alpha value is -2.77. The molecule has 0 amide bonds. The Balaban J connectivity index is 2.61. The third kappa shape index (κ3) is 1.90. The van der Waals surface area contributed by atoms with Crippen LogP contribution < -0.4 is 0 Å². The van der Waals surface area contributed by atoms with Gasteiger partial charge in [0.2, 0.25) is 5.69 Å². The fraction of sp³-hybridized carbons (Fsp3) is 0. The fourth-order valence-electron chi connectivity index (χ4n) is 1.45. The number of hydrogen-bond acceptors (Lipinski definition) is 4. The Morgan fingerprint density at radius 3 is 2.50 bits per heavy atom. The molecule has 8 heteroatoms. The molecule has 1 aromatic heterocycles. The second-order valence-corrected chi connectivity index (χ2v) is 3.33. The molecule has 0 bridgehead atoms. The van der Waals surface area contributed by atoms with Crippen molar-refractivity contribution >= 4 is 11.7 Å². The first kappa shape index (κ1) is 11.7. The van der Waals surface area contributed by atoms with Crippen molar-refractivity contribution in [1.29, 1.82) is 0 Å². The number of carbonyl (C=O) groups is 1. The Morgan fingerprint density at radius 2 is 2.00 bits per heavy atom. The number of nitrogens with zero attached hydrogens (tertiary/aromatic N) is 3. The summed E-state index contributed by atoms with van der Waals surface area (Å²) in [5.41, 5.74) is -0.972. The maximum absolute atomic E-state index is 12.7. The summed E-state index contributed by atoms with van der Waals surface area (Å²) in [6.45, 7) is 0. The molecule has 92 valence electrons. The lowest BCUT2D eigenvalue weighted by Gasteiger charge is -2.03. The van der Waals surface area contributed by atoms with E-state index in [4.69, 9.17) is 5.11 Å². The van der Waals surface area contributed by atoms with E-state index in [2.05, 4.69) is 5.10 Å². The fourth-order valence-corrected chi connectivity index (χ4v) is 1.45. The summed E-state index contributed by atoms with van der Waals surface area (Å²) in [6, 6.07) is 4.76.